The zero-order chi connectivity index (χ0) is 10.6. The molecule has 4 heteroatoms. The molecule has 0 saturated heterocycles. The number of carboxylic acid groups (broad SMARTS) is 1. The first-order valence-electron chi connectivity index (χ1n) is 5.99. The van der Waals surface area contributed by atoms with Gasteiger partial charge in [0.1, 0.15) is 0 Å². The fraction of sp³-hybridized carbons (Fsp3) is 0.917. The van der Waals surface area contributed by atoms with Crippen LogP contribution in [0, 0.1) is 0 Å². The van der Waals surface area contributed by atoms with E-state index in [2.05, 4.69) is 6.92 Å². The van der Waals surface area contributed by atoms with Gasteiger partial charge in [0.15, 0.2) is 0 Å². The zero-order valence-electron chi connectivity index (χ0n) is 12.8. The van der Waals surface area contributed by atoms with E-state index in [1.165, 1.54) is 44.9 Å². The number of unbranched alkanes of at least 4 members (excludes halogenated alkanes) is 8. The summed E-state index contributed by atoms with van der Waals surface area (Å²) in [6.07, 6.45) is 11.5. The number of hydrogen-bond acceptors (Lipinski definition) is 1. The van der Waals surface area contributed by atoms with Crippen molar-refractivity contribution in [3.05, 3.63) is 0 Å². The van der Waals surface area contributed by atoms with Gasteiger partial charge in [-0.05, 0) is 6.42 Å². The first-order valence-corrected chi connectivity index (χ1v) is 5.99. The summed E-state index contributed by atoms with van der Waals surface area (Å²) < 4.78 is 0. The van der Waals surface area contributed by atoms with Crippen molar-refractivity contribution in [3.63, 3.8) is 0 Å². The van der Waals surface area contributed by atoms with Crippen LogP contribution in [0.3, 0.4) is 0 Å². The monoisotopic (exact) mass is 454 g/mol. The molecule has 0 aliphatic carbocycles. The van der Waals surface area contributed by atoms with Crippen LogP contribution < -0.4 is 0 Å². The largest absolute Gasteiger partial charge is 2.00 e. The molecule has 0 radical (unpaired) electrons. The van der Waals surface area contributed by atoms with E-state index < -0.39 is 5.97 Å². The summed E-state index contributed by atoms with van der Waals surface area (Å²) >= 11 is 0. The molecule has 0 bridgehead atoms. The summed E-state index contributed by atoms with van der Waals surface area (Å²) in [5, 5.41) is 8.41. The Morgan fingerprint density at radius 1 is 0.938 bits per heavy atom. The number of hydrogen-bond donors (Lipinski definition) is 1. The molecule has 0 saturated carbocycles. The average molecular weight is 452 g/mol. The van der Waals surface area contributed by atoms with Crippen molar-refractivity contribution in [2.45, 2.75) is 71.1 Å². The van der Waals surface area contributed by atoms with Gasteiger partial charge in [0.05, 0.1) is 0 Å². The minimum Gasteiger partial charge on any atom is -1.00 e. The van der Waals surface area contributed by atoms with Crippen LogP contribution in [0.4, 0.5) is 0 Å². The molecule has 16 heavy (non-hydrogen) atoms. The van der Waals surface area contributed by atoms with Crippen LogP contribution in [-0.2, 0) is 32.1 Å². The van der Waals surface area contributed by atoms with E-state index in [1.807, 2.05) is 0 Å². The van der Waals surface area contributed by atoms with Crippen molar-refractivity contribution < 1.29 is 40.1 Å². The van der Waals surface area contributed by atoms with E-state index in [-0.39, 0.29) is 79.0 Å². The minimum absolute atomic E-state index is 0. The van der Waals surface area contributed by atoms with Gasteiger partial charge in [-0.25, -0.2) is 0 Å². The van der Waals surface area contributed by atoms with Gasteiger partial charge in [-0.2, -0.15) is 0 Å². The third-order valence-electron chi connectivity index (χ3n) is 2.49. The maximum absolute atomic E-state index is 10.2. The molecule has 0 aromatic rings. The van der Waals surface area contributed by atoms with Crippen molar-refractivity contribution in [1.82, 2.24) is 0 Å². The van der Waals surface area contributed by atoms with Crippen molar-refractivity contribution >= 4 is 54.9 Å². The Morgan fingerprint density at radius 3 is 1.69 bits per heavy atom. The standard InChI is InChI=1S/C12H24O2.Ba.Cd.2H/c1-2-3-4-5-6-7-8-9-10-11-12(13)14;;;;/h2-11H2,1H3,(H,13,14);;;;/q;+2;;2*-1. The van der Waals surface area contributed by atoms with Gasteiger partial charge in [-0.15, -0.1) is 0 Å². The predicted molar refractivity (Wildman–Crippen MR) is 67.5 cm³/mol. The Hall–Kier alpha value is 1.96. The number of carboxylic acids is 1. The van der Waals surface area contributed by atoms with Crippen LogP contribution in [0.15, 0.2) is 0 Å². The van der Waals surface area contributed by atoms with Crippen molar-refractivity contribution in [2.75, 3.05) is 0 Å². The number of carbonyl (C=O) groups is 1. The molecule has 1 N–H and O–H groups in total. The average Bonchev–Trinajstić information content (AvgIpc) is 2.15. The van der Waals surface area contributed by atoms with Crippen LogP contribution >= 0.6 is 0 Å². The fourth-order valence-corrected chi connectivity index (χ4v) is 1.59. The molecule has 0 fully saturated rings. The van der Waals surface area contributed by atoms with E-state index in [0.29, 0.717) is 6.42 Å². The Morgan fingerprint density at radius 2 is 1.31 bits per heavy atom. The maximum Gasteiger partial charge on any atom is 2.00 e. The molecule has 2 nitrogen and oxygen atoms in total. The van der Waals surface area contributed by atoms with E-state index in [4.69, 9.17) is 5.11 Å². The van der Waals surface area contributed by atoms with Crippen LogP contribution in [0.25, 0.3) is 0 Å². The van der Waals surface area contributed by atoms with E-state index in [9.17, 15) is 4.79 Å². The maximum atomic E-state index is 10.2. The smallest absolute Gasteiger partial charge is 1.00 e. The van der Waals surface area contributed by atoms with Gasteiger partial charge in [-0.1, -0.05) is 58.3 Å². The molecule has 0 aromatic carbocycles. The number of aliphatic carboxylic acids is 1. The SMILES string of the molecule is CCCCCCCCCCCC(=O)O.[Ba+2].[Cd].[H-].[H-]. The first kappa shape index (κ1) is 23.1. The molecule has 0 aromatic heterocycles. The summed E-state index contributed by atoms with van der Waals surface area (Å²) in [4.78, 5) is 10.2. The zero-order valence-corrected chi connectivity index (χ0v) is 19.3. The molecule has 0 aliphatic heterocycles. The molecule has 0 aliphatic rings. The summed E-state index contributed by atoms with van der Waals surface area (Å²) in [7, 11) is 0. The second kappa shape index (κ2) is 19.3. The van der Waals surface area contributed by atoms with E-state index in [1.54, 1.807) is 0 Å². The van der Waals surface area contributed by atoms with Gasteiger partial charge in [0.2, 0.25) is 0 Å². The third-order valence-corrected chi connectivity index (χ3v) is 2.49. The Labute approximate surface area is 164 Å². The first-order chi connectivity index (χ1) is 6.77. The topological polar surface area (TPSA) is 37.3 Å². The molecule has 0 amide bonds. The van der Waals surface area contributed by atoms with Crippen LogP contribution in [-0.4, -0.2) is 60.0 Å². The van der Waals surface area contributed by atoms with Crippen LogP contribution in [0.1, 0.15) is 74.0 Å². The summed E-state index contributed by atoms with van der Waals surface area (Å²) in [5.41, 5.74) is 0. The molecular formula is C12H26BaCdO2. The molecular weight excluding hydrogens is 426 g/mol. The second-order valence-corrected chi connectivity index (χ2v) is 3.97. The number of rotatable bonds is 10. The third kappa shape index (κ3) is 21.3. The predicted octanol–water partition coefficient (Wildman–Crippen LogP) is 3.83. The van der Waals surface area contributed by atoms with Crippen molar-refractivity contribution in [3.8, 4) is 0 Å². The van der Waals surface area contributed by atoms with E-state index >= 15 is 0 Å². The molecule has 90 valence electrons. The van der Waals surface area contributed by atoms with Gasteiger partial charge >= 0.3 is 54.9 Å². The minimum atomic E-state index is -0.659. The molecule has 0 rings (SSSR count). The quantitative estimate of drug-likeness (QED) is 0.405. The van der Waals surface area contributed by atoms with Gasteiger partial charge in [0.25, 0.3) is 0 Å². The fourth-order valence-electron chi connectivity index (χ4n) is 1.59. The summed E-state index contributed by atoms with van der Waals surface area (Å²) in [5.74, 6) is -0.659. The Balaban J connectivity index is -0.000000141. The van der Waals surface area contributed by atoms with Crippen molar-refractivity contribution in [1.29, 1.82) is 0 Å². The molecule has 0 atom stereocenters. The summed E-state index contributed by atoms with van der Waals surface area (Å²) in [6, 6.07) is 0. The van der Waals surface area contributed by atoms with Gasteiger partial charge in [0, 0.05) is 33.7 Å². The van der Waals surface area contributed by atoms with Gasteiger partial charge in [-0.3, -0.25) is 4.79 Å². The summed E-state index contributed by atoms with van der Waals surface area (Å²) in [6.45, 7) is 2.23. The van der Waals surface area contributed by atoms with E-state index in [0.717, 1.165) is 12.8 Å². The van der Waals surface area contributed by atoms with Gasteiger partial charge < -0.3 is 7.96 Å². The van der Waals surface area contributed by atoms with Crippen LogP contribution in [0.5, 0.6) is 0 Å². The molecule has 0 heterocycles. The van der Waals surface area contributed by atoms with Crippen LogP contribution in [0.2, 0.25) is 0 Å². The molecule has 0 spiro atoms. The Bertz CT molecular complexity index is 152. The molecule has 0 unspecified atom stereocenters. The normalized spacial score (nSPS) is 9.06. The Kier molecular flexibility index (Phi) is 27.9. The van der Waals surface area contributed by atoms with Crippen molar-refractivity contribution in [2.24, 2.45) is 0 Å². The second-order valence-electron chi connectivity index (χ2n) is 3.97.